The van der Waals surface area contributed by atoms with Gasteiger partial charge in [-0.15, -0.1) is 0 Å². The van der Waals surface area contributed by atoms with Crippen LogP contribution in [-0.2, 0) is 6.54 Å². The zero-order valence-electron chi connectivity index (χ0n) is 13.1. The molecule has 114 valence electrons. The summed E-state index contributed by atoms with van der Waals surface area (Å²) in [5, 5.41) is 8.83. The molecule has 1 aliphatic rings. The van der Waals surface area contributed by atoms with Crippen LogP contribution in [0.15, 0.2) is 24.3 Å². The van der Waals surface area contributed by atoms with Crippen molar-refractivity contribution in [2.24, 2.45) is 5.92 Å². The molecule has 2 heteroatoms. The average Bonchev–Trinajstić information content (AvgIpc) is 2.51. The van der Waals surface area contributed by atoms with Crippen molar-refractivity contribution in [1.29, 1.82) is 0 Å². The summed E-state index contributed by atoms with van der Waals surface area (Å²) in [6.45, 7) is 5.85. The zero-order chi connectivity index (χ0) is 14.9. The molecule has 1 fully saturated rings. The van der Waals surface area contributed by atoms with Gasteiger partial charge >= 0.3 is 0 Å². The lowest BCUT2D eigenvalue weighted by Crippen LogP contribution is -2.33. The number of hydrogen-bond acceptors (Lipinski definition) is 2. The Balaban J connectivity index is 1.93. The first-order valence-electron chi connectivity index (χ1n) is 8.23. The molecule has 0 atom stereocenters. The van der Waals surface area contributed by atoms with Crippen LogP contribution in [0.1, 0.15) is 50.2 Å². The maximum atomic E-state index is 8.83. The number of benzene rings is 1. The number of piperidine rings is 1. The van der Waals surface area contributed by atoms with Crippen LogP contribution in [0.3, 0.4) is 0 Å². The van der Waals surface area contributed by atoms with E-state index < -0.39 is 0 Å². The Bertz CT molecular complexity index is 478. The second kappa shape index (κ2) is 8.87. The van der Waals surface area contributed by atoms with Gasteiger partial charge in [-0.05, 0) is 43.5 Å². The number of hydrogen-bond donors (Lipinski definition) is 1. The summed E-state index contributed by atoms with van der Waals surface area (Å²) in [7, 11) is 0. The van der Waals surface area contributed by atoms with Gasteiger partial charge in [-0.2, -0.15) is 0 Å². The topological polar surface area (TPSA) is 23.5 Å². The monoisotopic (exact) mass is 285 g/mol. The minimum absolute atomic E-state index is 0.139. The number of nitrogens with zero attached hydrogens (tertiary/aromatic N) is 1. The minimum atomic E-state index is 0.139. The first kappa shape index (κ1) is 16.1. The predicted molar refractivity (Wildman–Crippen MR) is 87.9 cm³/mol. The second-order valence-corrected chi connectivity index (χ2v) is 5.94. The van der Waals surface area contributed by atoms with Gasteiger partial charge in [0.1, 0.15) is 0 Å². The average molecular weight is 285 g/mol. The quantitative estimate of drug-likeness (QED) is 0.838. The molecule has 2 rings (SSSR count). The smallest absolute Gasteiger partial charge is 0.0540 e. The van der Waals surface area contributed by atoms with Gasteiger partial charge in [-0.3, -0.25) is 4.90 Å². The molecule has 1 saturated heterocycles. The van der Waals surface area contributed by atoms with Crippen LogP contribution in [0.5, 0.6) is 0 Å². The molecule has 0 amide bonds. The summed E-state index contributed by atoms with van der Waals surface area (Å²) in [4.78, 5) is 2.55. The van der Waals surface area contributed by atoms with Crippen molar-refractivity contribution in [3.63, 3.8) is 0 Å². The van der Waals surface area contributed by atoms with Gasteiger partial charge in [-0.25, -0.2) is 0 Å². The number of rotatable bonds is 5. The molecule has 1 aromatic carbocycles. The molecular weight excluding hydrogens is 258 g/mol. The van der Waals surface area contributed by atoms with Crippen LogP contribution in [0, 0.1) is 17.8 Å². The van der Waals surface area contributed by atoms with Crippen LogP contribution in [0.25, 0.3) is 0 Å². The van der Waals surface area contributed by atoms with Crippen LogP contribution in [0.2, 0.25) is 0 Å². The Labute approximate surface area is 129 Å². The molecule has 0 aromatic heterocycles. The number of aliphatic hydroxyl groups excluding tert-OH is 1. The molecule has 0 bridgehead atoms. The van der Waals surface area contributed by atoms with Crippen molar-refractivity contribution < 1.29 is 5.11 Å². The molecule has 1 N–H and O–H groups in total. The van der Waals surface area contributed by atoms with Crippen molar-refractivity contribution in [2.75, 3.05) is 19.7 Å². The van der Waals surface area contributed by atoms with E-state index in [0.29, 0.717) is 6.42 Å². The third-order valence-corrected chi connectivity index (χ3v) is 4.28. The first-order chi connectivity index (χ1) is 10.3. The fourth-order valence-electron chi connectivity index (χ4n) is 3.08. The van der Waals surface area contributed by atoms with Gasteiger partial charge in [0, 0.05) is 18.5 Å². The molecule has 0 unspecified atom stereocenters. The minimum Gasteiger partial charge on any atom is -0.395 e. The summed E-state index contributed by atoms with van der Waals surface area (Å²) in [6.07, 6.45) is 5.93. The molecule has 2 nitrogen and oxygen atoms in total. The van der Waals surface area contributed by atoms with Crippen LogP contribution >= 0.6 is 0 Å². The van der Waals surface area contributed by atoms with Crippen LogP contribution in [0.4, 0.5) is 0 Å². The van der Waals surface area contributed by atoms with Gasteiger partial charge in [0.05, 0.1) is 6.61 Å². The van der Waals surface area contributed by atoms with E-state index in [1.165, 1.54) is 44.3 Å². The maximum Gasteiger partial charge on any atom is 0.0540 e. The van der Waals surface area contributed by atoms with Gasteiger partial charge < -0.3 is 5.11 Å². The van der Waals surface area contributed by atoms with E-state index in [1.54, 1.807) is 0 Å². The molecule has 1 aromatic rings. The Morgan fingerprint density at radius 2 is 2.00 bits per heavy atom. The van der Waals surface area contributed by atoms with E-state index >= 15 is 0 Å². The lowest BCUT2D eigenvalue weighted by atomic mass is 9.92. The normalized spacial score (nSPS) is 16.5. The highest BCUT2D eigenvalue weighted by Gasteiger charge is 2.18. The highest BCUT2D eigenvalue weighted by atomic mass is 16.2. The summed E-state index contributed by atoms with van der Waals surface area (Å²) >= 11 is 0. The third kappa shape index (κ3) is 5.19. The van der Waals surface area contributed by atoms with E-state index in [-0.39, 0.29) is 6.61 Å². The number of aliphatic hydroxyl groups is 1. The standard InChI is InChI=1S/C19H27NO/c1-2-7-17-11-13-20(14-12-17)16-19-10-4-3-8-18(19)9-5-6-15-21/h3-4,8,10,17,21H,2,6-7,11-16H2,1H3. The summed E-state index contributed by atoms with van der Waals surface area (Å²) in [5.41, 5.74) is 2.43. The molecule has 21 heavy (non-hydrogen) atoms. The van der Waals surface area contributed by atoms with Crippen molar-refractivity contribution in [3.05, 3.63) is 35.4 Å². The maximum absolute atomic E-state index is 8.83. The van der Waals surface area contributed by atoms with Crippen LogP contribution < -0.4 is 0 Å². The number of likely N-dealkylation sites (tertiary alicyclic amines) is 1. The zero-order valence-corrected chi connectivity index (χ0v) is 13.1. The Morgan fingerprint density at radius 3 is 2.71 bits per heavy atom. The van der Waals surface area contributed by atoms with E-state index in [4.69, 9.17) is 5.11 Å². The van der Waals surface area contributed by atoms with E-state index in [0.717, 1.165) is 18.0 Å². The summed E-state index contributed by atoms with van der Waals surface area (Å²) in [6, 6.07) is 8.40. The fraction of sp³-hybridized carbons (Fsp3) is 0.579. The van der Waals surface area contributed by atoms with E-state index in [2.05, 4.69) is 41.9 Å². The lowest BCUT2D eigenvalue weighted by molar-refractivity contribution is 0.171. The largest absolute Gasteiger partial charge is 0.395 e. The van der Waals surface area contributed by atoms with Crippen molar-refractivity contribution in [3.8, 4) is 11.8 Å². The predicted octanol–water partition coefficient (Wildman–Crippen LogP) is 3.43. The molecule has 1 aliphatic heterocycles. The van der Waals surface area contributed by atoms with Crippen molar-refractivity contribution in [2.45, 2.75) is 45.6 Å². The second-order valence-electron chi connectivity index (χ2n) is 5.94. The van der Waals surface area contributed by atoms with Gasteiger partial charge in [0.2, 0.25) is 0 Å². The first-order valence-corrected chi connectivity index (χ1v) is 8.23. The molecular formula is C19H27NO. The summed E-state index contributed by atoms with van der Waals surface area (Å²) < 4.78 is 0. The van der Waals surface area contributed by atoms with Crippen molar-refractivity contribution in [1.82, 2.24) is 4.90 Å². The van der Waals surface area contributed by atoms with E-state index in [1.807, 2.05) is 6.07 Å². The fourth-order valence-corrected chi connectivity index (χ4v) is 3.08. The molecule has 0 saturated carbocycles. The van der Waals surface area contributed by atoms with Crippen molar-refractivity contribution >= 4 is 0 Å². The Hall–Kier alpha value is -1.30. The molecule has 0 radical (unpaired) electrons. The van der Waals surface area contributed by atoms with Crippen LogP contribution in [-0.4, -0.2) is 29.7 Å². The summed E-state index contributed by atoms with van der Waals surface area (Å²) in [5.74, 6) is 7.17. The highest BCUT2D eigenvalue weighted by Crippen LogP contribution is 2.23. The lowest BCUT2D eigenvalue weighted by Gasteiger charge is -2.32. The molecule has 1 heterocycles. The SMILES string of the molecule is CCCC1CCN(Cc2ccccc2C#CCCO)CC1. The molecule has 0 spiro atoms. The van der Waals surface area contributed by atoms with Gasteiger partial charge in [-0.1, -0.05) is 49.8 Å². The van der Waals surface area contributed by atoms with Gasteiger partial charge in [0.15, 0.2) is 0 Å². The molecule has 0 aliphatic carbocycles. The third-order valence-electron chi connectivity index (χ3n) is 4.28. The van der Waals surface area contributed by atoms with Gasteiger partial charge in [0.25, 0.3) is 0 Å². The Kier molecular flexibility index (Phi) is 6.79. The van der Waals surface area contributed by atoms with E-state index in [9.17, 15) is 0 Å². The highest BCUT2D eigenvalue weighted by molar-refractivity contribution is 5.41. The Morgan fingerprint density at radius 1 is 1.24 bits per heavy atom.